The molecule has 1 aromatic heterocycles. The number of rotatable bonds is 3. The fourth-order valence-electron chi connectivity index (χ4n) is 5.35. The van der Waals surface area contributed by atoms with E-state index in [1.54, 1.807) is 0 Å². The molecule has 1 amide bonds. The zero-order valence-corrected chi connectivity index (χ0v) is 19.2. The number of fused-ring (bicyclic) bond motifs is 3. The second-order valence-electron chi connectivity index (χ2n) is 9.43. The number of amides is 1. The highest BCUT2D eigenvalue weighted by atomic mass is 19.4. The van der Waals surface area contributed by atoms with Gasteiger partial charge in [0.15, 0.2) is 0 Å². The molecular weight excluding hydrogens is 445 g/mol. The van der Waals surface area contributed by atoms with Crippen LogP contribution in [-0.4, -0.2) is 32.9 Å². The molecule has 0 bridgehead atoms. The summed E-state index contributed by atoms with van der Waals surface area (Å²) in [7, 11) is 0. The summed E-state index contributed by atoms with van der Waals surface area (Å²) in [6.07, 6.45) is -3.55. The number of carbonyl (C=O) groups excluding carboxylic acids is 1. The largest absolute Gasteiger partial charge is 0.478 e. The second-order valence-corrected chi connectivity index (χ2v) is 9.43. The van der Waals surface area contributed by atoms with Crippen molar-refractivity contribution in [3.8, 4) is 0 Å². The lowest BCUT2D eigenvalue weighted by Crippen LogP contribution is -2.50. The number of para-hydroxylation sites is 1. The Labute approximate surface area is 194 Å². The maximum Gasteiger partial charge on any atom is 0.417 e. The Bertz CT molecular complexity index is 1320. The maximum atomic E-state index is 13.7. The molecule has 0 saturated heterocycles. The number of halogens is 3. The molecule has 1 atom stereocenters. The fraction of sp³-hybridized carbons (Fsp3) is 0.308. The van der Waals surface area contributed by atoms with Crippen LogP contribution in [-0.2, 0) is 16.4 Å². The third-order valence-corrected chi connectivity index (χ3v) is 6.49. The molecule has 5 nitrogen and oxygen atoms in total. The number of hydrogen-bond donors (Lipinski definition) is 2. The zero-order chi connectivity index (χ0) is 25.0. The van der Waals surface area contributed by atoms with Gasteiger partial charge in [0.25, 0.3) is 5.91 Å². The van der Waals surface area contributed by atoms with Gasteiger partial charge < -0.3 is 15.0 Å². The molecule has 8 heteroatoms. The summed E-state index contributed by atoms with van der Waals surface area (Å²) in [6.45, 7) is 7.53. The molecular formula is C26H25F3N2O3. The van der Waals surface area contributed by atoms with Gasteiger partial charge in [0.2, 0.25) is 0 Å². The predicted molar refractivity (Wildman–Crippen MR) is 123 cm³/mol. The molecule has 1 aliphatic heterocycles. The van der Waals surface area contributed by atoms with Gasteiger partial charge in [-0.1, -0.05) is 58.0 Å². The number of H-pyrrole nitrogens is 1. The van der Waals surface area contributed by atoms with Crippen molar-refractivity contribution < 1.29 is 27.9 Å². The first-order chi connectivity index (χ1) is 15.9. The molecule has 4 rings (SSSR count). The number of nitrogens with one attached hydrogen (secondary N) is 1. The van der Waals surface area contributed by atoms with Gasteiger partial charge in [-0.3, -0.25) is 4.79 Å². The molecule has 1 unspecified atom stereocenters. The lowest BCUT2D eigenvalue weighted by Gasteiger charge is -2.42. The van der Waals surface area contributed by atoms with Crippen molar-refractivity contribution in [3.05, 3.63) is 77.1 Å². The van der Waals surface area contributed by atoms with Gasteiger partial charge in [0, 0.05) is 28.6 Å². The van der Waals surface area contributed by atoms with E-state index < -0.39 is 40.6 Å². The van der Waals surface area contributed by atoms with Crippen LogP contribution in [0.25, 0.3) is 16.5 Å². The summed E-state index contributed by atoms with van der Waals surface area (Å²) in [5.74, 6) is -2.38. The van der Waals surface area contributed by atoms with E-state index >= 15 is 0 Å². The van der Waals surface area contributed by atoms with E-state index in [0.29, 0.717) is 5.69 Å². The molecule has 0 spiro atoms. The van der Waals surface area contributed by atoms with Crippen molar-refractivity contribution in [2.45, 2.75) is 45.3 Å². The summed E-state index contributed by atoms with van der Waals surface area (Å²) < 4.78 is 41.2. The van der Waals surface area contributed by atoms with Gasteiger partial charge in [-0.25, -0.2) is 4.79 Å². The van der Waals surface area contributed by atoms with Crippen LogP contribution in [0, 0.1) is 5.92 Å². The number of carbonyl (C=O) groups is 2. The van der Waals surface area contributed by atoms with Crippen molar-refractivity contribution in [1.82, 2.24) is 9.88 Å². The minimum Gasteiger partial charge on any atom is -0.478 e. The lowest BCUT2D eigenvalue weighted by molar-refractivity contribution is -0.138. The Kier molecular flexibility index (Phi) is 5.58. The van der Waals surface area contributed by atoms with Gasteiger partial charge in [0.1, 0.15) is 0 Å². The van der Waals surface area contributed by atoms with Crippen molar-refractivity contribution >= 4 is 28.4 Å². The van der Waals surface area contributed by atoms with E-state index in [1.807, 2.05) is 52.0 Å². The molecule has 1 aliphatic rings. The Hall–Kier alpha value is -3.55. The number of aliphatic carboxylic acids is 1. The molecule has 2 heterocycles. The molecule has 2 aromatic carbocycles. The molecule has 2 N–H and O–H groups in total. The Balaban J connectivity index is 2.02. The minimum absolute atomic E-state index is 0.180. The highest BCUT2D eigenvalue weighted by molar-refractivity contribution is 6.17. The fourth-order valence-corrected chi connectivity index (χ4v) is 5.35. The number of carboxylic acid groups (broad SMARTS) is 1. The Morgan fingerprint density at radius 2 is 1.68 bits per heavy atom. The van der Waals surface area contributed by atoms with Gasteiger partial charge in [-0.05, 0) is 29.7 Å². The smallest absolute Gasteiger partial charge is 0.417 e. The minimum atomic E-state index is -4.74. The van der Waals surface area contributed by atoms with Crippen molar-refractivity contribution in [3.63, 3.8) is 0 Å². The first kappa shape index (κ1) is 23.6. The van der Waals surface area contributed by atoms with Gasteiger partial charge in [-0.2, -0.15) is 13.2 Å². The number of aromatic nitrogens is 1. The monoisotopic (exact) mass is 470 g/mol. The van der Waals surface area contributed by atoms with E-state index in [1.165, 1.54) is 23.2 Å². The second kappa shape index (κ2) is 8.04. The topological polar surface area (TPSA) is 73.4 Å². The summed E-state index contributed by atoms with van der Waals surface area (Å²) in [5, 5.41) is 10.9. The number of benzene rings is 2. The molecule has 0 saturated carbocycles. The van der Waals surface area contributed by atoms with E-state index in [9.17, 15) is 27.9 Å². The summed E-state index contributed by atoms with van der Waals surface area (Å²) in [5.41, 5.74) is -0.748. The van der Waals surface area contributed by atoms with Crippen molar-refractivity contribution in [1.29, 1.82) is 0 Å². The zero-order valence-electron chi connectivity index (χ0n) is 19.2. The SMILES string of the molecule is CC(C)C1N(C(=O)c2ccccc2C(F)(F)F)C=C(C(=O)O)c2[nH]c3ccccc3c2C1(C)C. The Morgan fingerprint density at radius 3 is 2.29 bits per heavy atom. The first-order valence-electron chi connectivity index (χ1n) is 10.9. The van der Waals surface area contributed by atoms with Crippen LogP contribution in [0.4, 0.5) is 13.2 Å². The summed E-state index contributed by atoms with van der Waals surface area (Å²) in [6, 6.07) is 11.3. The quantitative estimate of drug-likeness (QED) is 0.488. The maximum absolute atomic E-state index is 13.7. The average Bonchev–Trinajstić information content (AvgIpc) is 3.10. The highest BCUT2D eigenvalue weighted by Crippen LogP contribution is 2.46. The lowest BCUT2D eigenvalue weighted by atomic mass is 9.71. The van der Waals surface area contributed by atoms with Crippen LogP contribution in [0.3, 0.4) is 0 Å². The third-order valence-electron chi connectivity index (χ3n) is 6.49. The van der Waals surface area contributed by atoms with E-state index in [-0.39, 0.29) is 11.5 Å². The molecule has 34 heavy (non-hydrogen) atoms. The van der Waals surface area contributed by atoms with E-state index in [0.717, 1.165) is 28.6 Å². The van der Waals surface area contributed by atoms with Gasteiger partial charge in [-0.15, -0.1) is 0 Å². The van der Waals surface area contributed by atoms with E-state index in [2.05, 4.69) is 4.98 Å². The Morgan fingerprint density at radius 1 is 1.06 bits per heavy atom. The van der Waals surface area contributed by atoms with Crippen LogP contribution in [0.5, 0.6) is 0 Å². The number of hydrogen-bond acceptors (Lipinski definition) is 2. The number of aromatic amines is 1. The van der Waals surface area contributed by atoms with Crippen LogP contribution in [0.15, 0.2) is 54.7 Å². The van der Waals surface area contributed by atoms with Gasteiger partial charge in [0.05, 0.1) is 22.4 Å². The first-order valence-corrected chi connectivity index (χ1v) is 10.9. The molecule has 0 radical (unpaired) electrons. The van der Waals surface area contributed by atoms with Crippen molar-refractivity contribution in [2.75, 3.05) is 0 Å². The normalized spacial score (nSPS) is 17.9. The molecule has 0 fully saturated rings. The standard InChI is InChI=1S/C26H25F3N2O3/c1-14(2)22-25(3,4)20-16-10-6-8-12-19(16)30-21(20)17(24(33)34)13-31(22)23(32)15-9-5-7-11-18(15)26(27,28)29/h5-14,22,30H,1-4H3,(H,33,34). The number of nitrogens with zero attached hydrogens (tertiary/aromatic N) is 1. The predicted octanol–water partition coefficient (Wildman–Crippen LogP) is 6.07. The van der Waals surface area contributed by atoms with Crippen LogP contribution in [0.2, 0.25) is 0 Å². The number of carboxylic acids is 1. The van der Waals surface area contributed by atoms with Crippen LogP contribution in [0.1, 0.15) is 54.9 Å². The van der Waals surface area contributed by atoms with Gasteiger partial charge >= 0.3 is 12.1 Å². The summed E-state index contributed by atoms with van der Waals surface area (Å²) in [4.78, 5) is 30.4. The number of alkyl halides is 3. The van der Waals surface area contributed by atoms with Crippen LogP contribution >= 0.6 is 0 Å². The summed E-state index contributed by atoms with van der Waals surface area (Å²) >= 11 is 0. The molecule has 178 valence electrons. The third kappa shape index (κ3) is 3.67. The van der Waals surface area contributed by atoms with Crippen LogP contribution < -0.4 is 0 Å². The molecule has 3 aromatic rings. The van der Waals surface area contributed by atoms with Crippen molar-refractivity contribution in [2.24, 2.45) is 5.92 Å². The highest BCUT2D eigenvalue weighted by Gasteiger charge is 2.46. The van der Waals surface area contributed by atoms with E-state index in [4.69, 9.17) is 0 Å². The molecule has 0 aliphatic carbocycles. The average molecular weight is 470 g/mol.